The van der Waals surface area contributed by atoms with Crippen molar-refractivity contribution in [3.05, 3.63) is 59.1 Å². The molecule has 6 nitrogen and oxygen atoms in total. The lowest BCUT2D eigenvalue weighted by atomic mass is 10.0. The first-order chi connectivity index (χ1) is 14.5. The van der Waals surface area contributed by atoms with Crippen LogP contribution in [0.3, 0.4) is 0 Å². The van der Waals surface area contributed by atoms with E-state index >= 15 is 0 Å². The average molecular weight is 444 g/mol. The van der Waals surface area contributed by atoms with E-state index in [1.165, 1.54) is 11.8 Å². The third kappa shape index (κ3) is 2.95. The van der Waals surface area contributed by atoms with E-state index in [-0.39, 0.29) is 17.1 Å². The Labute approximate surface area is 184 Å². The Kier molecular flexibility index (Phi) is 5.01. The Balaban J connectivity index is 1.62. The summed E-state index contributed by atoms with van der Waals surface area (Å²) in [6.45, 7) is 5.22. The van der Waals surface area contributed by atoms with Crippen LogP contribution >= 0.6 is 23.4 Å². The predicted molar refractivity (Wildman–Crippen MR) is 119 cm³/mol. The number of halogens is 1. The molecule has 2 amide bonds. The first-order valence-electron chi connectivity index (χ1n) is 10.0. The molecule has 2 aromatic rings. The molecule has 156 valence electrons. The SMILES string of the molecule is CC1SC2(C(=O)N(CN3CCOCC3)c3ccccc32)N(c2cccc(Cl)c2)C1=O. The summed E-state index contributed by atoms with van der Waals surface area (Å²) in [6.07, 6.45) is 0. The summed E-state index contributed by atoms with van der Waals surface area (Å²) in [5.74, 6) is -0.170. The molecular weight excluding hydrogens is 422 g/mol. The van der Waals surface area contributed by atoms with Crippen molar-refractivity contribution in [1.82, 2.24) is 4.90 Å². The van der Waals surface area contributed by atoms with Gasteiger partial charge in [-0.05, 0) is 31.2 Å². The first kappa shape index (κ1) is 19.9. The van der Waals surface area contributed by atoms with Crippen LogP contribution in [0.15, 0.2) is 48.5 Å². The van der Waals surface area contributed by atoms with E-state index in [1.54, 1.807) is 17.0 Å². The smallest absolute Gasteiger partial charge is 0.269 e. The predicted octanol–water partition coefficient (Wildman–Crippen LogP) is 3.30. The van der Waals surface area contributed by atoms with Crippen LogP contribution in [0.4, 0.5) is 11.4 Å². The number of nitrogens with zero attached hydrogens (tertiary/aromatic N) is 3. The Bertz CT molecular complexity index is 1010. The van der Waals surface area contributed by atoms with Crippen LogP contribution in [0.1, 0.15) is 12.5 Å². The molecule has 2 saturated heterocycles. The highest BCUT2D eigenvalue weighted by molar-refractivity contribution is 8.03. The standard InChI is InChI=1S/C22H22ClN3O3S/c1-15-20(27)26(17-6-4-5-16(23)13-17)22(30-15)18-7-2-3-8-19(18)25(21(22)28)14-24-9-11-29-12-10-24/h2-8,13,15H,9-12,14H2,1H3. The maximum atomic E-state index is 14.0. The van der Waals surface area contributed by atoms with Crippen LogP contribution in [0.5, 0.6) is 0 Å². The highest BCUT2D eigenvalue weighted by Gasteiger charge is 2.63. The summed E-state index contributed by atoms with van der Waals surface area (Å²) in [6, 6.07) is 15.0. The van der Waals surface area contributed by atoms with E-state index < -0.39 is 4.87 Å². The number of ether oxygens (including phenoxy) is 1. The van der Waals surface area contributed by atoms with Crippen LogP contribution in [0, 0.1) is 0 Å². The fraction of sp³-hybridized carbons (Fsp3) is 0.364. The van der Waals surface area contributed by atoms with E-state index in [2.05, 4.69) is 4.90 Å². The Morgan fingerprint density at radius 3 is 2.67 bits per heavy atom. The van der Waals surface area contributed by atoms with Crippen molar-refractivity contribution in [2.75, 3.05) is 42.8 Å². The normalized spacial score (nSPS) is 26.7. The second-order valence-corrected chi connectivity index (χ2v) is 9.65. The number of hydrogen-bond acceptors (Lipinski definition) is 5. The molecule has 30 heavy (non-hydrogen) atoms. The summed E-state index contributed by atoms with van der Waals surface area (Å²) in [5.41, 5.74) is 2.35. The fourth-order valence-electron chi connectivity index (χ4n) is 4.44. The van der Waals surface area contributed by atoms with Crippen LogP contribution in [-0.4, -0.2) is 54.9 Å². The minimum atomic E-state index is -1.12. The second-order valence-electron chi connectivity index (χ2n) is 7.68. The third-order valence-corrected chi connectivity index (χ3v) is 7.55. The molecule has 3 aliphatic heterocycles. The largest absolute Gasteiger partial charge is 0.379 e. The topological polar surface area (TPSA) is 53.1 Å². The minimum Gasteiger partial charge on any atom is -0.379 e. The third-order valence-electron chi connectivity index (χ3n) is 5.84. The number of hydrogen-bond donors (Lipinski definition) is 0. The number of anilines is 2. The number of carbonyl (C=O) groups excluding carboxylic acids is 2. The van der Waals surface area contributed by atoms with Crippen LogP contribution in [0.2, 0.25) is 5.02 Å². The molecule has 2 fully saturated rings. The fourth-order valence-corrected chi connectivity index (χ4v) is 6.15. The summed E-state index contributed by atoms with van der Waals surface area (Å²) in [5, 5.41) is 0.188. The van der Waals surface area contributed by atoms with Gasteiger partial charge >= 0.3 is 0 Å². The number of fused-ring (bicyclic) bond motifs is 2. The maximum Gasteiger partial charge on any atom is 0.269 e. The van der Waals surface area contributed by atoms with Gasteiger partial charge in [-0.1, -0.05) is 35.9 Å². The number of thioether (sulfide) groups is 1. The number of amides is 2. The van der Waals surface area contributed by atoms with Crippen molar-refractivity contribution in [1.29, 1.82) is 0 Å². The van der Waals surface area contributed by atoms with Gasteiger partial charge in [-0.25, -0.2) is 0 Å². The molecule has 0 radical (unpaired) electrons. The van der Waals surface area contributed by atoms with Crippen molar-refractivity contribution in [2.45, 2.75) is 17.0 Å². The van der Waals surface area contributed by atoms with Crippen molar-refractivity contribution in [2.24, 2.45) is 0 Å². The van der Waals surface area contributed by atoms with Crippen LogP contribution in [0.25, 0.3) is 0 Å². The van der Waals surface area contributed by atoms with Gasteiger partial charge in [0.2, 0.25) is 10.8 Å². The van der Waals surface area contributed by atoms with Gasteiger partial charge in [0.15, 0.2) is 0 Å². The van der Waals surface area contributed by atoms with Gasteiger partial charge in [0.1, 0.15) is 0 Å². The lowest BCUT2D eigenvalue weighted by Gasteiger charge is -2.35. The number of benzene rings is 2. The van der Waals surface area contributed by atoms with Gasteiger partial charge in [-0.15, -0.1) is 11.8 Å². The zero-order valence-electron chi connectivity index (χ0n) is 16.6. The molecule has 2 unspecified atom stereocenters. The molecule has 2 aromatic carbocycles. The monoisotopic (exact) mass is 443 g/mol. The minimum absolute atomic E-state index is 0.0846. The lowest BCUT2D eigenvalue weighted by molar-refractivity contribution is -0.124. The van der Waals surface area contributed by atoms with Gasteiger partial charge in [-0.3, -0.25) is 24.3 Å². The second kappa shape index (κ2) is 7.57. The molecule has 3 heterocycles. The summed E-state index contributed by atoms with van der Waals surface area (Å²) < 4.78 is 5.45. The molecule has 0 N–H and O–H groups in total. The van der Waals surface area contributed by atoms with E-state index in [4.69, 9.17) is 16.3 Å². The van der Waals surface area contributed by atoms with Gasteiger partial charge in [0.05, 0.1) is 30.8 Å². The molecule has 0 aliphatic carbocycles. The number of carbonyl (C=O) groups is 2. The molecule has 0 saturated carbocycles. The highest BCUT2D eigenvalue weighted by atomic mass is 35.5. The number of morpholine rings is 1. The van der Waals surface area contributed by atoms with E-state index in [0.717, 1.165) is 24.3 Å². The molecule has 8 heteroatoms. The summed E-state index contributed by atoms with van der Waals surface area (Å²) in [7, 11) is 0. The molecule has 0 bridgehead atoms. The van der Waals surface area contributed by atoms with Gasteiger partial charge in [-0.2, -0.15) is 0 Å². The average Bonchev–Trinajstić information content (AvgIpc) is 3.15. The zero-order chi connectivity index (χ0) is 20.9. The molecular formula is C22H22ClN3O3S. The molecule has 2 atom stereocenters. The van der Waals surface area contributed by atoms with Crippen LogP contribution < -0.4 is 9.80 Å². The van der Waals surface area contributed by atoms with E-state index in [0.29, 0.717) is 30.6 Å². The molecule has 5 rings (SSSR count). The highest BCUT2D eigenvalue weighted by Crippen LogP contribution is 2.57. The number of para-hydroxylation sites is 1. The summed E-state index contributed by atoms with van der Waals surface area (Å²) >= 11 is 7.65. The van der Waals surface area contributed by atoms with Crippen LogP contribution in [-0.2, 0) is 19.2 Å². The van der Waals surface area contributed by atoms with Crippen molar-refractivity contribution < 1.29 is 14.3 Å². The Morgan fingerprint density at radius 2 is 1.90 bits per heavy atom. The van der Waals surface area contributed by atoms with E-state index in [9.17, 15) is 9.59 Å². The van der Waals surface area contributed by atoms with Crippen molar-refractivity contribution in [3.8, 4) is 0 Å². The Hall–Kier alpha value is -2.06. The first-order valence-corrected chi connectivity index (χ1v) is 11.3. The van der Waals surface area contributed by atoms with Gasteiger partial charge in [0.25, 0.3) is 5.91 Å². The van der Waals surface area contributed by atoms with Crippen molar-refractivity contribution >= 4 is 46.6 Å². The molecule has 0 aromatic heterocycles. The van der Waals surface area contributed by atoms with E-state index in [1.807, 2.05) is 48.2 Å². The van der Waals surface area contributed by atoms with Gasteiger partial charge < -0.3 is 4.74 Å². The lowest BCUT2D eigenvalue weighted by Crippen LogP contribution is -2.52. The summed E-state index contributed by atoms with van der Waals surface area (Å²) in [4.78, 5) is 31.9. The number of rotatable bonds is 3. The quantitative estimate of drug-likeness (QED) is 0.728. The molecule has 3 aliphatic rings. The van der Waals surface area contributed by atoms with Gasteiger partial charge in [0, 0.05) is 29.4 Å². The zero-order valence-corrected chi connectivity index (χ0v) is 18.2. The van der Waals surface area contributed by atoms with Crippen molar-refractivity contribution in [3.63, 3.8) is 0 Å². The maximum absolute atomic E-state index is 14.0. The Morgan fingerprint density at radius 1 is 1.13 bits per heavy atom. The molecule has 1 spiro atoms.